The molecule has 2 heterocycles. The van der Waals surface area contributed by atoms with Crippen molar-refractivity contribution in [1.29, 1.82) is 0 Å². The number of carbonyl (C=O) groups is 1. The molecule has 0 spiro atoms. The highest BCUT2D eigenvalue weighted by Crippen LogP contribution is 2.20. The Kier molecular flexibility index (Phi) is 4.37. The van der Waals surface area contributed by atoms with Gasteiger partial charge in [0.25, 0.3) is 0 Å². The van der Waals surface area contributed by atoms with Gasteiger partial charge in [-0.25, -0.2) is 4.98 Å². The zero-order valence-electron chi connectivity index (χ0n) is 11.4. The summed E-state index contributed by atoms with van der Waals surface area (Å²) in [6.07, 6.45) is 2.21. The van der Waals surface area contributed by atoms with E-state index in [1.165, 1.54) is 0 Å². The van der Waals surface area contributed by atoms with Crippen LogP contribution in [0.1, 0.15) is 25.8 Å². The summed E-state index contributed by atoms with van der Waals surface area (Å²) in [4.78, 5) is 17.7. The second-order valence-corrected chi connectivity index (χ2v) is 5.20. The van der Waals surface area contributed by atoms with Gasteiger partial charge in [-0.15, -0.1) is 0 Å². The summed E-state index contributed by atoms with van der Waals surface area (Å²) >= 11 is 0. The summed E-state index contributed by atoms with van der Waals surface area (Å²) in [5.74, 6) is 0.751. The first kappa shape index (κ1) is 13.8. The van der Waals surface area contributed by atoms with Crippen LogP contribution < -0.4 is 4.74 Å². The molecule has 1 aromatic heterocycles. The van der Waals surface area contributed by atoms with Crippen LogP contribution in [0.15, 0.2) is 18.3 Å². The molecule has 0 saturated carbocycles. The van der Waals surface area contributed by atoms with Crippen molar-refractivity contribution in [3.8, 4) is 5.88 Å². The Morgan fingerprint density at radius 2 is 2.37 bits per heavy atom. The third-order valence-corrected chi connectivity index (χ3v) is 3.08. The van der Waals surface area contributed by atoms with Gasteiger partial charge in [0.15, 0.2) is 0 Å². The van der Waals surface area contributed by atoms with Gasteiger partial charge < -0.3 is 14.7 Å². The average molecular weight is 264 g/mol. The van der Waals surface area contributed by atoms with Gasteiger partial charge in [0.2, 0.25) is 11.8 Å². The second kappa shape index (κ2) is 6.02. The summed E-state index contributed by atoms with van der Waals surface area (Å²) in [6, 6.07) is 3.74. The lowest BCUT2D eigenvalue weighted by Crippen LogP contribution is -2.25. The van der Waals surface area contributed by atoms with Crippen LogP contribution in [-0.4, -0.2) is 40.2 Å². The molecule has 5 nitrogen and oxygen atoms in total. The lowest BCUT2D eigenvalue weighted by molar-refractivity contribution is -0.128. The van der Waals surface area contributed by atoms with Crippen LogP contribution in [0.3, 0.4) is 0 Å². The first-order valence-electron chi connectivity index (χ1n) is 6.58. The van der Waals surface area contributed by atoms with Crippen molar-refractivity contribution in [1.82, 2.24) is 9.88 Å². The van der Waals surface area contributed by atoms with Crippen LogP contribution in [0.2, 0.25) is 0 Å². The number of pyridine rings is 1. The van der Waals surface area contributed by atoms with Crippen LogP contribution in [0, 0.1) is 5.92 Å². The van der Waals surface area contributed by atoms with Crippen molar-refractivity contribution in [3.63, 3.8) is 0 Å². The van der Waals surface area contributed by atoms with Crippen molar-refractivity contribution >= 4 is 5.91 Å². The predicted molar refractivity (Wildman–Crippen MR) is 70.6 cm³/mol. The molecule has 0 bridgehead atoms. The minimum atomic E-state index is 0.0697. The predicted octanol–water partition coefficient (Wildman–Crippen LogP) is 1.21. The van der Waals surface area contributed by atoms with Crippen LogP contribution >= 0.6 is 0 Å². The second-order valence-electron chi connectivity index (χ2n) is 5.20. The number of aliphatic hydroxyl groups excluding tert-OH is 1. The van der Waals surface area contributed by atoms with E-state index in [9.17, 15) is 4.79 Å². The van der Waals surface area contributed by atoms with Crippen LogP contribution in [0.4, 0.5) is 0 Å². The van der Waals surface area contributed by atoms with E-state index in [-0.39, 0.29) is 24.5 Å². The Bertz CT molecular complexity index is 448. The molecule has 104 valence electrons. The van der Waals surface area contributed by atoms with Crippen molar-refractivity contribution in [2.45, 2.75) is 32.9 Å². The van der Waals surface area contributed by atoms with Crippen molar-refractivity contribution in [3.05, 3.63) is 23.9 Å². The molecule has 0 aromatic carbocycles. The van der Waals surface area contributed by atoms with Crippen molar-refractivity contribution in [2.24, 2.45) is 5.92 Å². The number of amides is 1. The largest absolute Gasteiger partial charge is 0.475 e. The molecule has 1 atom stereocenters. The van der Waals surface area contributed by atoms with E-state index in [0.29, 0.717) is 25.4 Å². The van der Waals surface area contributed by atoms with E-state index in [0.717, 1.165) is 5.56 Å². The molecule has 1 unspecified atom stereocenters. The van der Waals surface area contributed by atoms with Gasteiger partial charge in [-0.2, -0.15) is 0 Å². The number of rotatable bonds is 5. The molecule has 0 aliphatic carbocycles. The lowest BCUT2D eigenvalue weighted by Gasteiger charge is -2.17. The fraction of sp³-hybridized carbons (Fsp3) is 0.571. The summed E-state index contributed by atoms with van der Waals surface area (Å²) in [5.41, 5.74) is 0.998. The topological polar surface area (TPSA) is 62.7 Å². The molecule has 19 heavy (non-hydrogen) atoms. The van der Waals surface area contributed by atoms with Gasteiger partial charge in [-0.05, 0) is 25.5 Å². The molecule has 1 aliphatic heterocycles. The Labute approximate surface area is 113 Å². The Hall–Kier alpha value is -1.62. The molecule has 5 heteroatoms. The van der Waals surface area contributed by atoms with E-state index >= 15 is 0 Å². The van der Waals surface area contributed by atoms with E-state index in [1.807, 2.05) is 26.0 Å². The van der Waals surface area contributed by atoms with Gasteiger partial charge >= 0.3 is 0 Å². The maximum atomic E-state index is 11.8. The molecule has 1 fully saturated rings. The third kappa shape index (κ3) is 3.67. The number of nitrogens with zero attached hydrogens (tertiary/aromatic N) is 2. The monoisotopic (exact) mass is 264 g/mol. The third-order valence-electron chi connectivity index (χ3n) is 3.08. The van der Waals surface area contributed by atoms with E-state index in [1.54, 1.807) is 11.1 Å². The molecule has 0 radical (unpaired) electrons. The zero-order chi connectivity index (χ0) is 13.8. The summed E-state index contributed by atoms with van der Waals surface area (Å²) in [5, 5.41) is 9.10. The van der Waals surface area contributed by atoms with Gasteiger partial charge in [-0.1, -0.05) is 0 Å². The molecule has 1 aromatic rings. The molecule has 2 rings (SSSR count). The molecule has 1 saturated heterocycles. The minimum absolute atomic E-state index is 0.0697. The Morgan fingerprint density at radius 1 is 1.58 bits per heavy atom. The number of carbonyl (C=O) groups excluding carboxylic acids is 1. The first-order chi connectivity index (χ1) is 9.08. The smallest absolute Gasteiger partial charge is 0.223 e. The Morgan fingerprint density at radius 3 is 3.00 bits per heavy atom. The van der Waals surface area contributed by atoms with Crippen molar-refractivity contribution in [2.75, 3.05) is 13.2 Å². The number of aromatic nitrogens is 1. The maximum absolute atomic E-state index is 11.8. The molecule has 1 amide bonds. The highest BCUT2D eigenvalue weighted by molar-refractivity contribution is 5.78. The molecule has 1 aliphatic rings. The normalized spacial score (nSPS) is 19.3. The van der Waals surface area contributed by atoms with E-state index in [2.05, 4.69) is 4.98 Å². The molecular weight excluding hydrogens is 244 g/mol. The lowest BCUT2D eigenvalue weighted by atomic mass is 10.1. The zero-order valence-corrected chi connectivity index (χ0v) is 11.4. The van der Waals surface area contributed by atoms with Crippen molar-refractivity contribution < 1.29 is 14.6 Å². The quantitative estimate of drug-likeness (QED) is 0.868. The molecule has 1 N–H and O–H groups in total. The summed E-state index contributed by atoms with van der Waals surface area (Å²) < 4.78 is 5.53. The number of ether oxygens (including phenoxy) is 1. The number of hydrogen-bond donors (Lipinski definition) is 1. The fourth-order valence-corrected chi connectivity index (χ4v) is 2.20. The standard InChI is InChI=1S/C14H20N2O3/c1-10(2)19-13-5-11(3-4-15-13)7-16-8-12(9-17)6-14(16)18/h3-5,10,12,17H,6-9H2,1-2H3. The summed E-state index contributed by atoms with van der Waals surface area (Å²) in [6.45, 7) is 5.14. The Balaban J connectivity index is 2.01. The number of hydrogen-bond acceptors (Lipinski definition) is 4. The first-order valence-corrected chi connectivity index (χ1v) is 6.58. The molecular formula is C14H20N2O3. The minimum Gasteiger partial charge on any atom is -0.475 e. The SMILES string of the molecule is CC(C)Oc1cc(CN2CC(CO)CC2=O)ccn1. The van der Waals surface area contributed by atoms with Gasteiger partial charge in [0.05, 0.1) is 6.10 Å². The highest BCUT2D eigenvalue weighted by atomic mass is 16.5. The highest BCUT2D eigenvalue weighted by Gasteiger charge is 2.28. The van der Waals surface area contributed by atoms with Gasteiger partial charge in [0, 0.05) is 44.3 Å². The number of aliphatic hydroxyl groups is 1. The van der Waals surface area contributed by atoms with Crippen LogP contribution in [0.25, 0.3) is 0 Å². The van der Waals surface area contributed by atoms with Gasteiger partial charge in [0.1, 0.15) is 0 Å². The van der Waals surface area contributed by atoms with E-state index < -0.39 is 0 Å². The van der Waals surface area contributed by atoms with Crippen LogP contribution in [0.5, 0.6) is 5.88 Å². The maximum Gasteiger partial charge on any atom is 0.223 e. The average Bonchev–Trinajstić information content (AvgIpc) is 2.70. The fourth-order valence-electron chi connectivity index (χ4n) is 2.20. The summed E-state index contributed by atoms with van der Waals surface area (Å²) in [7, 11) is 0. The van der Waals surface area contributed by atoms with E-state index in [4.69, 9.17) is 9.84 Å². The van der Waals surface area contributed by atoms with Crippen LogP contribution in [-0.2, 0) is 11.3 Å². The van der Waals surface area contributed by atoms with Gasteiger partial charge in [-0.3, -0.25) is 4.79 Å². The number of likely N-dealkylation sites (tertiary alicyclic amines) is 1.